The lowest BCUT2D eigenvalue weighted by Crippen LogP contribution is -2.69. The number of rotatable bonds is 6. The second-order valence-corrected chi connectivity index (χ2v) is 11.0. The first-order valence-corrected chi connectivity index (χ1v) is 11.3. The molecule has 25 heavy (non-hydrogen) atoms. The molecule has 0 saturated heterocycles. The second-order valence-electron chi connectivity index (χ2n) is 5.88. The standard InChI is InChI=1S/C22H21IOSi/c1-19(23)17-18-24-25(20-11-5-2-6-12-20,21-13-7-3-8-14-21)22-15-9-4-10-16-22/h2-17H,18H2,1H3/b19-17-. The molecule has 0 saturated carbocycles. The van der Waals surface area contributed by atoms with E-state index in [2.05, 4.69) is 127 Å². The predicted octanol–water partition coefficient (Wildman–Crippen LogP) is 4.01. The Hall–Kier alpha value is -1.69. The molecule has 0 aromatic heterocycles. The number of hydrogen-bond donors (Lipinski definition) is 0. The first kappa shape index (κ1) is 18.1. The maximum absolute atomic E-state index is 6.76. The molecular weight excluding hydrogens is 435 g/mol. The van der Waals surface area contributed by atoms with Crippen LogP contribution in [0.4, 0.5) is 0 Å². The lowest BCUT2D eigenvalue weighted by Gasteiger charge is -2.32. The summed E-state index contributed by atoms with van der Waals surface area (Å²) < 4.78 is 8.00. The Kier molecular flexibility index (Phi) is 6.23. The van der Waals surface area contributed by atoms with Gasteiger partial charge in [0, 0.05) is 0 Å². The summed E-state index contributed by atoms with van der Waals surface area (Å²) in [4.78, 5) is 0. The van der Waals surface area contributed by atoms with Crippen LogP contribution in [0.1, 0.15) is 6.92 Å². The number of allylic oxidation sites excluding steroid dienone is 1. The summed E-state index contributed by atoms with van der Waals surface area (Å²) in [5.41, 5.74) is 0. The van der Waals surface area contributed by atoms with E-state index in [1.807, 2.05) is 0 Å². The normalized spacial score (nSPS) is 12.2. The summed E-state index contributed by atoms with van der Waals surface area (Å²) in [5, 5.41) is 3.81. The van der Waals surface area contributed by atoms with Gasteiger partial charge in [-0.1, -0.05) is 97.1 Å². The zero-order chi connectivity index (χ0) is 17.5. The van der Waals surface area contributed by atoms with E-state index < -0.39 is 8.32 Å². The molecule has 0 aliphatic rings. The Bertz CT molecular complexity index is 716. The van der Waals surface area contributed by atoms with E-state index in [1.54, 1.807) is 0 Å². The van der Waals surface area contributed by atoms with Crippen LogP contribution in [-0.2, 0) is 4.43 Å². The zero-order valence-corrected chi connectivity index (χ0v) is 17.4. The van der Waals surface area contributed by atoms with Crippen molar-refractivity contribution >= 4 is 46.5 Å². The van der Waals surface area contributed by atoms with E-state index in [-0.39, 0.29) is 0 Å². The maximum Gasteiger partial charge on any atom is 0.288 e. The van der Waals surface area contributed by atoms with E-state index in [0.29, 0.717) is 6.61 Å². The average Bonchev–Trinajstić information content (AvgIpc) is 2.67. The van der Waals surface area contributed by atoms with Crippen LogP contribution >= 0.6 is 22.6 Å². The van der Waals surface area contributed by atoms with Gasteiger partial charge < -0.3 is 4.43 Å². The van der Waals surface area contributed by atoms with Crippen LogP contribution in [-0.4, -0.2) is 14.9 Å². The lowest BCUT2D eigenvalue weighted by molar-refractivity contribution is 0.371. The van der Waals surface area contributed by atoms with Gasteiger partial charge in [0.05, 0.1) is 6.61 Å². The first-order chi connectivity index (χ1) is 12.2. The van der Waals surface area contributed by atoms with Gasteiger partial charge in [0.1, 0.15) is 0 Å². The Morgan fingerprint density at radius 3 is 1.44 bits per heavy atom. The lowest BCUT2D eigenvalue weighted by atomic mass is 10.3. The van der Waals surface area contributed by atoms with Gasteiger partial charge in [0.2, 0.25) is 0 Å². The molecule has 0 aliphatic heterocycles. The number of benzene rings is 3. The molecule has 0 aliphatic carbocycles. The van der Waals surface area contributed by atoms with Gasteiger partial charge in [0.15, 0.2) is 0 Å². The molecule has 0 amide bonds. The van der Waals surface area contributed by atoms with Gasteiger partial charge in [-0.3, -0.25) is 0 Å². The smallest absolute Gasteiger partial charge is 0.288 e. The van der Waals surface area contributed by atoms with E-state index in [1.165, 1.54) is 19.1 Å². The van der Waals surface area contributed by atoms with Crippen molar-refractivity contribution in [1.29, 1.82) is 0 Å². The quantitative estimate of drug-likeness (QED) is 0.310. The van der Waals surface area contributed by atoms with E-state index >= 15 is 0 Å². The van der Waals surface area contributed by atoms with Crippen molar-refractivity contribution in [2.45, 2.75) is 6.92 Å². The minimum atomic E-state index is -2.54. The van der Waals surface area contributed by atoms with Gasteiger partial charge >= 0.3 is 0 Å². The highest BCUT2D eigenvalue weighted by Gasteiger charge is 2.41. The molecule has 1 nitrogen and oxygen atoms in total. The largest absolute Gasteiger partial charge is 0.400 e. The number of hydrogen-bond acceptors (Lipinski definition) is 1. The van der Waals surface area contributed by atoms with Gasteiger partial charge in [0.25, 0.3) is 8.32 Å². The van der Waals surface area contributed by atoms with Crippen LogP contribution in [0.3, 0.4) is 0 Å². The Labute approximate surface area is 164 Å². The molecular formula is C22H21IOSi. The highest BCUT2D eigenvalue weighted by atomic mass is 127. The van der Waals surface area contributed by atoms with Gasteiger partial charge in [-0.05, 0) is 48.7 Å². The third-order valence-corrected chi connectivity index (χ3v) is 8.68. The van der Waals surface area contributed by atoms with Crippen LogP contribution in [0.25, 0.3) is 0 Å². The third-order valence-electron chi connectivity index (χ3n) is 4.21. The third kappa shape index (κ3) is 4.11. The van der Waals surface area contributed by atoms with Crippen LogP contribution < -0.4 is 15.6 Å². The SMILES string of the molecule is C/C(I)=C/CO[Si](c1ccccc1)(c1ccccc1)c1ccccc1. The van der Waals surface area contributed by atoms with E-state index in [4.69, 9.17) is 4.43 Å². The summed E-state index contributed by atoms with van der Waals surface area (Å²) in [5.74, 6) is 0. The molecule has 3 heteroatoms. The molecule has 0 fully saturated rings. The first-order valence-electron chi connectivity index (χ1n) is 8.36. The highest BCUT2D eigenvalue weighted by molar-refractivity contribution is 14.1. The Morgan fingerprint density at radius 2 is 1.12 bits per heavy atom. The highest BCUT2D eigenvalue weighted by Crippen LogP contribution is 2.11. The van der Waals surface area contributed by atoms with Crippen molar-refractivity contribution in [3.05, 3.63) is 101 Å². The fourth-order valence-corrected chi connectivity index (χ4v) is 7.05. The topological polar surface area (TPSA) is 9.23 Å². The summed E-state index contributed by atoms with van der Waals surface area (Å²) in [6.45, 7) is 2.71. The van der Waals surface area contributed by atoms with Crippen LogP contribution in [0.2, 0.25) is 0 Å². The van der Waals surface area contributed by atoms with Crippen molar-refractivity contribution in [1.82, 2.24) is 0 Å². The molecule has 3 rings (SSSR count). The minimum absolute atomic E-state index is 0.611. The minimum Gasteiger partial charge on any atom is -0.400 e. The molecule has 0 radical (unpaired) electrons. The molecule has 0 spiro atoms. The molecule has 0 unspecified atom stereocenters. The fourth-order valence-electron chi connectivity index (χ4n) is 3.05. The van der Waals surface area contributed by atoms with Crippen molar-refractivity contribution in [2.75, 3.05) is 6.61 Å². The van der Waals surface area contributed by atoms with Gasteiger partial charge in [-0.15, -0.1) is 0 Å². The zero-order valence-electron chi connectivity index (χ0n) is 14.2. The van der Waals surface area contributed by atoms with Crippen molar-refractivity contribution < 1.29 is 4.43 Å². The van der Waals surface area contributed by atoms with Crippen LogP contribution in [0, 0.1) is 0 Å². The molecule has 0 bridgehead atoms. The Morgan fingerprint density at radius 1 is 0.760 bits per heavy atom. The van der Waals surface area contributed by atoms with Crippen molar-refractivity contribution in [3.63, 3.8) is 0 Å². The van der Waals surface area contributed by atoms with Gasteiger partial charge in [-0.25, -0.2) is 0 Å². The average molecular weight is 456 g/mol. The summed E-state index contributed by atoms with van der Waals surface area (Å²) in [6.07, 6.45) is 2.15. The number of halogens is 1. The maximum atomic E-state index is 6.76. The van der Waals surface area contributed by atoms with Gasteiger partial charge in [-0.2, -0.15) is 0 Å². The fraction of sp³-hybridized carbons (Fsp3) is 0.0909. The summed E-state index contributed by atoms with van der Waals surface area (Å²) in [7, 11) is -2.54. The molecule has 0 heterocycles. The monoisotopic (exact) mass is 456 g/mol. The summed E-state index contributed by atoms with van der Waals surface area (Å²) >= 11 is 2.33. The van der Waals surface area contributed by atoms with Crippen LogP contribution in [0.15, 0.2) is 101 Å². The van der Waals surface area contributed by atoms with Crippen LogP contribution in [0.5, 0.6) is 0 Å². The Balaban J connectivity index is 2.22. The molecule has 126 valence electrons. The molecule has 3 aromatic carbocycles. The van der Waals surface area contributed by atoms with E-state index in [9.17, 15) is 0 Å². The molecule has 3 aromatic rings. The molecule has 0 atom stereocenters. The second kappa shape index (κ2) is 8.60. The predicted molar refractivity (Wildman–Crippen MR) is 118 cm³/mol. The molecule has 0 N–H and O–H groups in total. The summed E-state index contributed by atoms with van der Waals surface area (Å²) in [6, 6.07) is 32.0. The van der Waals surface area contributed by atoms with Crippen molar-refractivity contribution in [2.24, 2.45) is 0 Å². The van der Waals surface area contributed by atoms with E-state index in [0.717, 1.165) is 0 Å². The van der Waals surface area contributed by atoms with Crippen molar-refractivity contribution in [3.8, 4) is 0 Å².